The third kappa shape index (κ3) is 2.08. The zero-order valence-corrected chi connectivity index (χ0v) is 10.7. The summed E-state index contributed by atoms with van der Waals surface area (Å²) in [5.74, 6) is 0.484. The van der Waals surface area contributed by atoms with Gasteiger partial charge in [0.25, 0.3) is 0 Å². The van der Waals surface area contributed by atoms with E-state index in [1.165, 1.54) is 7.11 Å². The number of hydrogen-bond donors (Lipinski definition) is 1. The summed E-state index contributed by atoms with van der Waals surface area (Å²) in [6, 6.07) is 5.20. The molecule has 18 heavy (non-hydrogen) atoms. The fourth-order valence-electron chi connectivity index (χ4n) is 2.29. The number of esters is 1. The van der Waals surface area contributed by atoms with Crippen LogP contribution in [0.3, 0.4) is 0 Å². The molecule has 1 unspecified atom stereocenters. The van der Waals surface area contributed by atoms with Crippen LogP contribution in [0.2, 0.25) is 0 Å². The number of nitrogen functional groups attached to an aromatic ring is 1. The minimum Gasteiger partial charge on any atom is -0.489 e. The molecule has 1 aliphatic heterocycles. The first kappa shape index (κ1) is 12.5. The normalized spacial score (nSPS) is 15.6. The van der Waals surface area contributed by atoms with Gasteiger partial charge in [0.2, 0.25) is 0 Å². The van der Waals surface area contributed by atoms with Crippen molar-refractivity contribution in [1.82, 2.24) is 0 Å². The van der Waals surface area contributed by atoms with Crippen molar-refractivity contribution >= 4 is 17.3 Å². The summed E-state index contributed by atoms with van der Waals surface area (Å²) in [4.78, 5) is 13.8. The van der Waals surface area contributed by atoms with Crippen molar-refractivity contribution < 1.29 is 14.3 Å². The van der Waals surface area contributed by atoms with Gasteiger partial charge in [-0.1, -0.05) is 13.0 Å². The van der Waals surface area contributed by atoms with Gasteiger partial charge in [0.1, 0.15) is 24.1 Å². The Bertz CT molecular complexity index is 448. The van der Waals surface area contributed by atoms with E-state index in [-0.39, 0.29) is 12.0 Å². The van der Waals surface area contributed by atoms with E-state index in [1.807, 2.05) is 30.0 Å². The van der Waals surface area contributed by atoms with Crippen LogP contribution < -0.4 is 15.4 Å². The largest absolute Gasteiger partial charge is 0.489 e. The van der Waals surface area contributed by atoms with E-state index in [9.17, 15) is 4.79 Å². The SMILES string of the molecule is CCC(C(=O)OC)N1CCOc2cccc(N)c21. The fourth-order valence-corrected chi connectivity index (χ4v) is 2.29. The molecule has 98 valence electrons. The van der Waals surface area contributed by atoms with E-state index < -0.39 is 0 Å². The highest BCUT2D eigenvalue weighted by molar-refractivity contribution is 5.85. The number of rotatable bonds is 3. The molecule has 1 heterocycles. The topological polar surface area (TPSA) is 64.8 Å². The first-order chi connectivity index (χ1) is 8.69. The Balaban J connectivity index is 2.40. The van der Waals surface area contributed by atoms with Crippen LogP contribution >= 0.6 is 0 Å². The molecule has 0 fully saturated rings. The summed E-state index contributed by atoms with van der Waals surface area (Å²) in [5.41, 5.74) is 7.40. The lowest BCUT2D eigenvalue weighted by molar-refractivity contribution is -0.142. The van der Waals surface area contributed by atoms with Crippen molar-refractivity contribution in [1.29, 1.82) is 0 Å². The zero-order valence-electron chi connectivity index (χ0n) is 10.7. The summed E-state index contributed by atoms with van der Waals surface area (Å²) in [6.07, 6.45) is 0.667. The maximum absolute atomic E-state index is 11.8. The van der Waals surface area contributed by atoms with E-state index in [0.717, 1.165) is 11.4 Å². The summed E-state index contributed by atoms with van der Waals surface area (Å²) in [6.45, 7) is 3.13. The van der Waals surface area contributed by atoms with Crippen LogP contribution in [-0.2, 0) is 9.53 Å². The number of hydrogen-bond acceptors (Lipinski definition) is 5. The highest BCUT2D eigenvalue weighted by Crippen LogP contribution is 2.38. The molecule has 0 aromatic heterocycles. The van der Waals surface area contributed by atoms with Crippen molar-refractivity contribution in [2.75, 3.05) is 30.9 Å². The van der Waals surface area contributed by atoms with Crippen molar-refractivity contribution in [3.63, 3.8) is 0 Å². The summed E-state index contributed by atoms with van der Waals surface area (Å²) >= 11 is 0. The van der Waals surface area contributed by atoms with Crippen LogP contribution in [0, 0.1) is 0 Å². The zero-order chi connectivity index (χ0) is 13.1. The second-order valence-corrected chi connectivity index (χ2v) is 4.18. The molecule has 2 rings (SSSR count). The van der Waals surface area contributed by atoms with Crippen molar-refractivity contribution in [2.24, 2.45) is 0 Å². The lowest BCUT2D eigenvalue weighted by atomic mass is 10.1. The first-order valence-corrected chi connectivity index (χ1v) is 6.04. The van der Waals surface area contributed by atoms with Crippen molar-refractivity contribution in [3.05, 3.63) is 18.2 Å². The van der Waals surface area contributed by atoms with Crippen LogP contribution in [0.5, 0.6) is 5.75 Å². The van der Waals surface area contributed by atoms with E-state index in [0.29, 0.717) is 25.3 Å². The number of nitrogens with zero attached hydrogens (tertiary/aromatic N) is 1. The molecular formula is C13H18N2O3. The fraction of sp³-hybridized carbons (Fsp3) is 0.462. The molecule has 5 nitrogen and oxygen atoms in total. The Morgan fingerprint density at radius 1 is 1.61 bits per heavy atom. The van der Waals surface area contributed by atoms with Gasteiger partial charge in [0.15, 0.2) is 0 Å². The minimum absolute atomic E-state index is 0.242. The Morgan fingerprint density at radius 3 is 3.06 bits per heavy atom. The van der Waals surface area contributed by atoms with Crippen LogP contribution in [-0.4, -0.2) is 32.3 Å². The van der Waals surface area contributed by atoms with E-state index in [2.05, 4.69) is 0 Å². The molecule has 1 aromatic rings. The molecule has 2 N–H and O–H groups in total. The lowest BCUT2D eigenvalue weighted by Crippen LogP contribution is -2.46. The van der Waals surface area contributed by atoms with Gasteiger partial charge in [0, 0.05) is 0 Å². The highest BCUT2D eigenvalue weighted by atomic mass is 16.5. The van der Waals surface area contributed by atoms with Crippen LogP contribution in [0.25, 0.3) is 0 Å². The number of ether oxygens (including phenoxy) is 2. The average Bonchev–Trinajstić information content (AvgIpc) is 2.39. The molecule has 0 saturated carbocycles. The van der Waals surface area contributed by atoms with Gasteiger partial charge in [-0.05, 0) is 18.6 Å². The highest BCUT2D eigenvalue weighted by Gasteiger charge is 2.31. The van der Waals surface area contributed by atoms with Crippen LogP contribution in [0.4, 0.5) is 11.4 Å². The van der Waals surface area contributed by atoms with Crippen LogP contribution in [0.15, 0.2) is 18.2 Å². The molecule has 5 heteroatoms. The van der Waals surface area contributed by atoms with Gasteiger partial charge in [-0.15, -0.1) is 0 Å². The quantitative estimate of drug-likeness (QED) is 0.649. The Labute approximate surface area is 106 Å². The van der Waals surface area contributed by atoms with Crippen molar-refractivity contribution in [3.8, 4) is 5.75 Å². The summed E-state index contributed by atoms with van der Waals surface area (Å²) in [5, 5.41) is 0. The van der Waals surface area contributed by atoms with Gasteiger partial charge in [-0.3, -0.25) is 0 Å². The molecule has 1 aromatic carbocycles. The molecular weight excluding hydrogens is 232 g/mol. The molecule has 1 aliphatic rings. The number of para-hydroxylation sites is 1. The molecule has 0 spiro atoms. The number of carbonyl (C=O) groups excluding carboxylic acids is 1. The Morgan fingerprint density at radius 2 is 2.39 bits per heavy atom. The first-order valence-electron chi connectivity index (χ1n) is 6.04. The summed E-state index contributed by atoms with van der Waals surface area (Å²) < 4.78 is 10.4. The maximum Gasteiger partial charge on any atom is 0.328 e. The maximum atomic E-state index is 11.8. The van der Waals surface area contributed by atoms with Crippen LogP contribution in [0.1, 0.15) is 13.3 Å². The van der Waals surface area contributed by atoms with Gasteiger partial charge in [-0.2, -0.15) is 0 Å². The van der Waals surface area contributed by atoms with E-state index in [4.69, 9.17) is 15.2 Å². The average molecular weight is 250 g/mol. The number of anilines is 2. The van der Waals surface area contributed by atoms with Crippen molar-refractivity contribution in [2.45, 2.75) is 19.4 Å². The van der Waals surface area contributed by atoms with Gasteiger partial charge >= 0.3 is 5.97 Å². The van der Waals surface area contributed by atoms with E-state index in [1.54, 1.807) is 0 Å². The van der Waals surface area contributed by atoms with E-state index >= 15 is 0 Å². The molecule has 1 atom stereocenters. The monoisotopic (exact) mass is 250 g/mol. The van der Waals surface area contributed by atoms with Gasteiger partial charge < -0.3 is 20.1 Å². The summed E-state index contributed by atoms with van der Waals surface area (Å²) in [7, 11) is 1.40. The Hall–Kier alpha value is -1.91. The molecule has 0 bridgehead atoms. The lowest BCUT2D eigenvalue weighted by Gasteiger charge is -2.36. The number of carbonyl (C=O) groups is 1. The smallest absolute Gasteiger partial charge is 0.328 e. The minimum atomic E-state index is -0.317. The standard InChI is InChI=1S/C13H18N2O3/c1-3-10(13(16)17-2)15-7-8-18-11-6-4-5-9(14)12(11)15/h4-6,10H,3,7-8,14H2,1-2H3. The van der Waals surface area contributed by atoms with Gasteiger partial charge in [-0.25, -0.2) is 4.79 Å². The Kier molecular flexibility index (Phi) is 3.60. The predicted octanol–water partition coefficient (Wildman–Crippen LogP) is 1.42. The predicted molar refractivity (Wildman–Crippen MR) is 69.8 cm³/mol. The molecule has 0 radical (unpaired) electrons. The second-order valence-electron chi connectivity index (χ2n) is 4.18. The molecule has 0 amide bonds. The third-order valence-corrected chi connectivity index (χ3v) is 3.14. The molecule has 0 aliphatic carbocycles. The number of methoxy groups -OCH3 is 1. The second kappa shape index (κ2) is 5.16. The van der Waals surface area contributed by atoms with Gasteiger partial charge in [0.05, 0.1) is 19.3 Å². The number of fused-ring (bicyclic) bond motifs is 1. The molecule has 0 saturated heterocycles. The number of benzene rings is 1. The number of nitrogens with two attached hydrogens (primary N) is 1. The third-order valence-electron chi connectivity index (χ3n) is 3.14.